The van der Waals surface area contributed by atoms with Crippen molar-refractivity contribution in [2.45, 2.75) is 25.2 Å². The molecule has 44 heavy (non-hydrogen) atoms. The fraction of sp³-hybridized carbons (Fsp3) is 0.200. The summed E-state index contributed by atoms with van der Waals surface area (Å²) in [6, 6.07) is 25.3. The molecular formula is C35H32N4O4S. The summed E-state index contributed by atoms with van der Waals surface area (Å²) in [5, 5.41) is 14.8. The average Bonchev–Trinajstić information content (AvgIpc) is 3.48. The number of imide groups is 1. The molecule has 5 rings (SSSR count). The Labute approximate surface area is 261 Å². The molecule has 1 aliphatic rings. The zero-order chi connectivity index (χ0) is 31.2. The van der Waals surface area contributed by atoms with Gasteiger partial charge in [-0.2, -0.15) is 10.4 Å². The molecule has 2 amide bonds. The standard InChI is InChI=1S/C35H32N4O4S/c1-5-44-28-14-12-25(13-15-28)33-26(22-39(37-33)27-9-7-6-8-10-27)20-29-23(2)30(21-36)35(41)38(34(29)40)18-17-24-11-16-31(42-3)32(19-24)43-4/h6-16,19-20,22H,5,17-18H2,1-4H3/b29-20+. The molecule has 1 aliphatic heterocycles. The smallest absolute Gasteiger partial charge is 0.271 e. The third-order valence-electron chi connectivity index (χ3n) is 7.40. The van der Waals surface area contributed by atoms with Gasteiger partial charge in [-0.15, -0.1) is 11.8 Å². The summed E-state index contributed by atoms with van der Waals surface area (Å²) >= 11 is 1.75. The van der Waals surface area contributed by atoms with Gasteiger partial charge in [0.2, 0.25) is 0 Å². The largest absolute Gasteiger partial charge is 0.493 e. The van der Waals surface area contributed by atoms with Gasteiger partial charge < -0.3 is 9.47 Å². The van der Waals surface area contributed by atoms with Crippen molar-refractivity contribution in [2.24, 2.45) is 0 Å². The van der Waals surface area contributed by atoms with E-state index in [4.69, 9.17) is 14.6 Å². The lowest BCUT2D eigenvalue weighted by molar-refractivity contribution is -0.140. The van der Waals surface area contributed by atoms with Gasteiger partial charge in [-0.1, -0.05) is 43.3 Å². The van der Waals surface area contributed by atoms with Gasteiger partial charge in [-0.25, -0.2) is 4.68 Å². The Morgan fingerprint density at radius 3 is 2.34 bits per heavy atom. The zero-order valence-corrected chi connectivity index (χ0v) is 25.9. The monoisotopic (exact) mass is 604 g/mol. The third kappa shape index (κ3) is 6.17. The minimum Gasteiger partial charge on any atom is -0.493 e. The van der Waals surface area contributed by atoms with Crippen molar-refractivity contribution in [3.8, 4) is 34.5 Å². The van der Waals surface area contributed by atoms with Crippen LogP contribution in [0.3, 0.4) is 0 Å². The number of methoxy groups -OCH3 is 2. The second-order valence-corrected chi connectivity index (χ2v) is 11.4. The minimum absolute atomic E-state index is 0.0545. The summed E-state index contributed by atoms with van der Waals surface area (Å²) in [5.74, 6) is 1.05. The van der Waals surface area contributed by atoms with Gasteiger partial charge in [-0.3, -0.25) is 14.5 Å². The van der Waals surface area contributed by atoms with Crippen molar-refractivity contribution in [1.82, 2.24) is 14.7 Å². The van der Waals surface area contributed by atoms with Crippen LogP contribution in [0.25, 0.3) is 23.0 Å². The summed E-state index contributed by atoms with van der Waals surface area (Å²) in [7, 11) is 3.11. The van der Waals surface area contributed by atoms with Crippen LogP contribution in [-0.2, 0) is 16.0 Å². The first-order valence-corrected chi connectivity index (χ1v) is 15.2. The molecule has 0 aliphatic carbocycles. The molecule has 9 heteroatoms. The highest BCUT2D eigenvalue weighted by atomic mass is 32.2. The second kappa shape index (κ2) is 13.5. The maximum absolute atomic E-state index is 13.9. The molecule has 1 aromatic heterocycles. The van der Waals surface area contributed by atoms with E-state index in [1.165, 1.54) is 0 Å². The van der Waals surface area contributed by atoms with E-state index in [-0.39, 0.29) is 17.7 Å². The maximum atomic E-state index is 13.9. The van der Waals surface area contributed by atoms with E-state index in [9.17, 15) is 14.9 Å². The Balaban J connectivity index is 1.55. The number of carbonyl (C=O) groups excluding carboxylic acids is 2. The van der Waals surface area contributed by atoms with Crippen molar-refractivity contribution in [2.75, 3.05) is 26.5 Å². The lowest BCUT2D eigenvalue weighted by atomic mass is 9.93. The maximum Gasteiger partial charge on any atom is 0.271 e. The van der Waals surface area contributed by atoms with Crippen molar-refractivity contribution in [1.29, 1.82) is 5.26 Å². The van der Waals surface area contributed by atoms with E-state index in [0.29, 0.717) is 34.8 Å². The first-order chi connectivity index (χ1) is 21.4. The quantitative estimate of drug-likeness (QED) is 0.116. The fourth-order valence-corrected chi connectivity index (χ4v) is 5.73. The molecule has 0 saturated carbocycles. The molecule has 0 spiro atoms. The lowest BCUT2D eigenvalue weighted by Crippen LogP contribution is -2.43. The molecule has 0 N–H and O–H groups in total. The average molecular weight is 605 g/mol. The number of aromatic nitrogens is 2. The Hall–Kier alpha value is -5.07. The Kier molecular flexibility index (Phi) is 9.32. The van der Waals surface area contributed by atoms with Crippen LogP contribution in [0.1, 0.15) is 25.0 Å². The highest BCUT2D eigenvalue weighted by Gasteiger charge is 2.35. The van der Waals surface area contributed by atoms with E-state index in [0.717, 1.165) is 32.4 Å². The molecule has 0 saturated heterocycles. The van der Waals surface area contributed by atoms with Gasteiger partial charge >= 0.3 is 0 Å². The topological polar surface area (TPSA) is 97.4 Å². The molecule has 0 unspecified atom stereocenters. The van der Waals surface area contributed by atoms with Crippen LogP contribution in [0.5, 0.6) is 11.5 Å². The molecule has 4 aromatic rings. The molecule has 0 fully saturated rings. The number of thioether (sulfide) groups is 1. The number of nitriles is 1. The van der Waals surface area contributed by atoms with Crippen molar-refractivity contribution >= 4 is 29.7 Å². The minimum atomic E-state index is -0.600. The predicted molar refractivity (Wildman–Crippen MR) is 172 cm³/mol. The van der Waals surface area contributed by atoms with E-state index in [2.05, 4.69) is 19.1 Å². The van der Waals surface area contributed by atoms with E-state index < -0.39 is 11.8 Å². The van der Waals surface area contributed by atoms with Gasteiger partial charge in [0, 0.05) is 34.3 Å². The molecule has 3 aromatic carbocycles. The summed E-state index contributed by atoms with van der Waals surface area (Å²) in [6.07, 6.45) is 3.98. The number of para-hydroxylation sites is 1. The number of carbonyl (C=O) groups is 2. The van der Waals surface area contributed by atoms with Crippen LogP contribution in [0, 0.1) is 11.3 Å². The summed E-state index contributed by atoms with van der Waals surface area (Å²) in [5.41, 5.74) is 4.55. The van der Waals surface area contributed by atoms with E-state index >= 15 is 0 Å². The van der Waals surface area contributed by atoms with Crippen molar-refractivity contribution in [3.63, 3.8) is 0 Å². The number of ether oxygens (including phenoxy) is 2. The van der Waals surface area contributed by atoms with Crippen LogP contribution >= 0.6 is 11.8 Å². The molecule has 0 bridgehead atoms. The normalized spacial score (nSPS) is 14.2. The van der Waals surface area contributed by atoms with E-state index in [1.54, 1.807) is 49.7 Å². The number of hydrogen-bond acceptors (Lipinski definition) is 7. The first-order valence-electron chi connectivity index (χ1n) is 14.2. The van der Waals surface area contributed by atoms with Gasteiger partial charge in [0.15, 0.2) is 11.5 Å². The van der Waals surface area contributed by atoms with Crippen LogP contribution in [0.2, 0.25) is 0 Å². The zero-order valence-electron chi connectivity index (χ0n) is 25.0. The second-order valence-electron chi connectivity index (χ2n) is 10.0. The number of rotatable bonds is 10. The Morgan fingerprint density at radius 1 is 0.955 bits per heavy atom. The van der Waals surface area contributed by atoms with Crippen LogP contribution < -0.4 is 9.47 Å². The van der Waals surface area contributed by atoms with Crippen LogP contribution in [0.15, 0.2) is 101 Å². The molecule has 222 valence electrons. The highest BCUT2D eigenvalue weighted by Crippen LogP contribution is 2.33. The lowest BCUT2D eigenvalue weighted by Gasteiger charge is -2.27. The van der Waals surface area contributed by atoms with Gasteiger partial charge in [0.25, 0.3) is 11.8 Å². The number of hydrogen-bond donors (Lipinski definition) is 0. The van der Waals surface area contributed by atoms with E-state index in [1.807, 2.05) is 66.9 Å². The Bertz CT molecular complexity index is 1800. The molecule has 2 heterocycles. The van der Waals surface area contributed by atoms with Crippen LogP contribution in [-0.4, -0.2) is 53.0 Å². The van der Waals surface area contributed by atoms with Crippen molar-refractivity contribution in [3.05, 3.63) is 107 Å². The van der Waals surface area contributed by atoms with Crippen LogP contribution in [0.4, 0.5) is 0 Å². The van der Waals surface area contributed by atoms with Gasteiger partial charge in [-0.05, 0) is 72.7 Å². The number of nitrogens with zero attached hydrogens (tertiary/aromatic N) is 4. The summed E-state index contributed by atoms with van der Waals surface area (Å²) in [6.45, 7) is 3.85. The SMILES string of the molecule is CCSc1ccc(-c2nn(-c3ccccc3)cc2/C=C2/C(=O)N(CCc3ccc(OC)c(OC)c3)C(=O)C(C#N)=C2C)cc1. The third-order valence-corrected chi connectivity index (χ3v) is 8.29. The summed E-state index contributed by atoms with van der Waals surface area (Å²) in [4.78, 5) is 29.5. The number of amides is 2. The molecule has 0 atom stereocenters. The van der Waals surface area contributed by atoms with Gasteiger partial charge in [0.05, 0.1) is 25.6 Å². The Morgan fingerprint density at radius 2 is 1.68 bits per heavy atom. The molecular weight excluding hydrogens is 572 g/mol. The number of benzene rings is 3. The summed E-state index contributed by atoms with van der Waals surface area (Å²) < 4.78 is 12.5. The predicted octanol–water partition coefficient (Wildman–Crippen LogP) is 6.50. The highest BCUT2D eigenvalue weighted by molar-refractivity contribution is 7.99. The molecule has 8 nitrogen and oxygen atoms in total. The van der Waals surface area contributed by atoms with Crippen molar-refractivity contribution < 1.29 is 19.1 Å². The fourth-order valence-electron chi connectivity index (χ4n) is 5.07. The first kappa shape index (κ1) is 30.4. The van der Waals surface area contributed by atoms with Gasteiger partial charge in [0.1, 0.15) is 11.6 Å². The molecule has 0 radical (unpaired) electrons.